The van der Waals surface area contributed by atoms with E-state index in [0.717, 1.165) is 36.7 Å². The molecule has 2 rings (SSSR count). The molecule has 0 aliphatic heterocycles. The van der Waals surface area contributed by atoms with Crippen LogP contribution in [0.3, 0.4) is 0 Å². The standard InChI is InChI=1S/C23H37N3O3/c1-6-8-9-26(4)16-21-15-24-25-23(21)20-12-19(18(3)17-28-7-2)13-22(14-20)29-11-10-27-5/h12-15,18H,6-11,16-17H2,1-5H3,(H,24,25). The molecule has 2 aromatic rings. The molecule has 0 bridgehead atoms. The van der Waals surface area contributed by atoms with Crippen LogP contribution in [0, 0.1) is 0 Å². The lowest BCUT2D eigenvalue weighted by molar-refractivity contribution is 0.135. The number of hydrogen-bond acceptors (Lipinski definition) is 5. The van der Waals surface area contributed by atoms with Crippen molar-refractivity contribution in [1.29, 1.82) is 0 Å². The molecule has 0 saturated carbocycles. The number of ether oxygens (including phenoxy) is 3. The summed E-state index contributed by atoms with van der Waals surface area (Å²) in [6, 6.07) is 6.40. The number of unbranched alkanes of at least 4 members (excludes halogenated alkanes) is 1. The van der Waals surface area contributed by atoms with Crippen molar-refractivity contribution in [2.45, 2.75) is 46.1 Å². The van der Waals surface area contributed by atoms with Gasteiger partial charge in [-0.05, 0) is 50.7 Å². The normalized spacial score (nSPS) is 12.5. The van der Waals surface area contributed by atoms with E-state index in [-0.39, 0.29) is 5.92 Å². The third kappa shape index (κ3) is 7.46. The first-order chi connectivity index (χ1) is 14.1. The van der Waals surface area contributed by atoms with Crippen molar-refractivity contribution in [2.24, 2.45) is 0 Å². The molecule has 1 unspecified atom stereocenters. The zero-order valence-corrected chi connectivity index (χ0v) is 18.7. The predicted molar refractivity (Wildman–Crippen MR) is 118 cm³/mol. The summed E-state index contributed by atoms with van der Waals surface area (Å²) in [6.07, 6.45) is 4.33. The van der Waals surface area contributed by atoms with E-state index in [9.17, 15) is 0 Å². The zero-order valence-electron chi connectivity index (χ0n) is 18.7. The van der Waals surface area contributed by atoms with Gasteiger partial charge in [0.1, 0.15) is 12.4 Å². The van der Waals surface area contributed by atoms with E-state index in [1.165, 1.54) is 24.0 Å². The molecule has 0 aliphatic carbocycles. The van der Waals surface area contributed by atoms with Gasteiger partial charge in [0, 0.05) is 37.3 Å². The van der Waals surface area contributed by atoms with Crippen LogP contribution in [0.5, 0.6) is 5.75 Å². The molecular formula is C23H37N3O3. The number of hydrogen-bond donors (Lipinski definition) is 1. The number of nitrogens with zero attached hydrogens (tertiary/aromatic N) is 2. The maximum atomic E-state index is 5.94. The zero-order chi connectivity index (χ0) is 21.1. The van der Waals surface area contributed by atoms with Gasteiger partial charge in [-0.25, -0.2) is 0 Å². The molecule has 1 atom stereocenters. The van der Waals surface area contributed by atoms with Crippen LogP contribution in [-0.4, -0.2) is 62.2 Å². The Balaban J connectivity index is 2.28. The van der Waals surface area contributed by atoms with Gasteiger partial charge in [-0.3, -0.25) is 5.10 Å². The average molecular weight is 404 g/mol. The maximum Gasteiger partial charge on any atom is 0.120 e. The highest BCUT2D eigenvalue weighted by molar-refractivity contribution is 5.66. The second-order valence-corrected chi connectivity index (χ2v) is 7.55. The van der Waals surface area contributed by atoms with Gasteiger partial charge in [-0.1, -0.05) is 20.3 Å². The maximum absolute atomic E-state index is 5.94. The van der Waals surface area contributed by atoms with Crippen LogP contribution in [0.25, 0.3) is 11.3 Å². The Morgan fingerprint density at radius 2 is 2.00 bits per heavy atom. The first-order valence-corrected chi connectivity index (χ1v) is 10.6. The minimum Gasteiger partial charge on any atom is -0.491 e. The third-order valence-corrected chi connectivity index (χ3v) is 4.97. The van der Waals surface area contributed by atoms with Crippen LogP contribution in [0.1, 0.15) is 50.7 Å². The van der Waals surface area contributed by atoms with Gasteiger partial charge < -0.3 is 19.1 Å². The summed E-state index contributed by atoms with van der Waals surface area (Å²) < 4.78 is 16.7. The van der Waals surface area contributed by atoms with Gasteiger partial charge in [0.25, 0.3) is 0 Å². The number of nitrogens with one attached hydrogen (secondary N) is 1. The fourth-order valence-electron chi connectivity index (χ4n) is 3.25. The van der Waals surface area contributed by atoms with Crippen LogP contribution in [0.15, 0.2) is 24.4 Å². The van der Waals surface area contributed by atoms with Crippen LogP contribution in [0.2, 0.25) is 0 Å². The molecule has 0 aliphatic rings. The molecule has 0 saturated heterocycles. The fourth-order valence-corrected chi connectivity index (χ4v) is 3.25. The second-order valence-electron chi connectivity index (χ2n) is 7.55. The van der Waals surface area contributed by atoms with Crippen molar-refractivity contribution in [2.75, 3.05) is 47.1 Å². The van der Waals surface area contributed by atoms with Gasteiger partial charge in [-0.2, -0.15) is 5.10 Å². The Morgan fingerprint density at radius 3 is 2.72 bits per heavy atom. The molecule has 162 valence electrons. The largest absolute Gasteiger partial charge is 0.491 e. The minimum absolute atomic E-state index is 0.276. The minimum atomic E-state index is 0.276. The monoisotopic (exact) mass is 403 g/mol. The number of benzene rings is 1. The van der Waals surface area contributed by atoms with E-state index < -0.39 is 0 Å². The molecule has 0 fully saturated rings. The van der Waals surface area contributed by atoms with E-state index >= 15 is 0 Å². The number of aromatic amines is 1. The molecule has 0 radical (unpaired) electrons. The number of rotatable bonds is 14. The molecule has 6 nitrogen and oxygen atoms in total. The summed E-state index contributed by atoms with van der Waals surface area (Å²) >= 11 is 0. The quantitative estimate of drug-likeness (QED) is 0.472. The first kappa shape index (κ1) is 23.4. The molecule has 1 aromatic heterocycles. The molecule has 6 heteroatoms. The van der Waals surface area contributed by atoms with E-state index in [2.05, 4.69) is 54.2 Å². The van der Waals surface area contributed by atoms with Gasteiger partial charge in [0.15, 0.2) is 0 Å². The summed E-state index contributed by atoms with van der Waals surface area (Å²) in [5, 5.41) is 7.52. The topological polar surface area (TPSA) is 59.6 Å². The Labute approximate surface area is 175 Å². The average Bonchev–Trinajstić information content (AvgIpc) is 3.18. The Kier molecular flexibility index (Phi) is 10.2. The Morgan fingerprint density at radius 1 is 1.17 bits per heavy atom. The van der Waals surface area contributed by atoms with Crippen molar-refractivity contribution >= 4 is 0 Å². The van der Waals surface area contributed by atoms with Crippen molar-refractivity contribution in [1.82, 2.24) is 15.1 Å². The molecule has 1 aromatic carbocycles. The van der Waals surface area contributed by atoms with Crippen LogP contribution in [-0.2, 0) is 16.0 Å². The number of H-pyrrole nitrogens is 1. The highest BCUT2D eigenvalue weighted by Crippen LogP contribution is 2.31. The van der Waals surface area contributed by atoms with E-state index in [1.807, 2.05) is 13.1 Å². The summed E-state index contributed by atoms with van der Waals surface area (Å²) in [6.45, 7) is 10.9. The lowest BCUT2D eigenvalue weighted by Crippen LogP contribution is -2.19. The van der Waals surface area contributed by atoms with Gasteiger partial charge in [0.2, 0.25) is 0 Å². The van der Waals surface area contributed by atoms with E-state index in [4.69, 9.17) is 14.2 Å². The molecule has 1 heterocycles. The summed E-state index contributed by atoms with van der Waals surface area (Å²) in [7, 11) is 3.84. The molecule has 0 spiro atoms. The van der Waals surface area contributed by atoms with Crippen molar-refractivity contribution < 1.29 is 14.2 Å². The van der Waals surface area contributed by atoms with E-state index in [0.29, 0.717) is 19.8 Å². The van der Waals surface area contributed by atoms with E-state index in [1.54, 1.807) is 7.11 Å². The van der Waals surface area contributed by atoms with Gasteiger partial charge in [0.05, 0.1) is 25.1 Å². The van der Waals surface area contributed by atoms with Crippen LogP contribution < -0.4 is 4.74 Å². The molecular weight excluding hydrogens is 366 g/mol. The van der Waals surface area contributed by atoms with Crippen LogP contribution >= 0.6 is 0 Å². The van der Waals surface area contributed by atoms with Crippen molar-refractivity contribution in [3.05, 3.63) is 35.5 Å². The SMILES string of the molecule is CCCCN(C)Cc1cn[nH]c1-c1cc(OCCOC)cc(C(C)COCC)c1. The molecule has 1 N–H and O–H groups in total. The summed E-state index contributed by atoms with van der Waals surface area (Å²) in [5.41, 5.74) is 4.54. The summed E-state index contributed by atoms with van der Waals surface area (Å²) in [4.78, 5) is 2.34. The third-order valence-electron chi connectivity index (χ3n) is 4.97. The lowest BCUT2D eigenvalue weighted by Gasteiger charge is -2.18. The number of aromatic nitrogens is 2. The summed E-state index contributed by atoms with van der Waals surface area (Å²) in [5.74, 6) is 1.12. The Bertz CT molecular complexity index is 717. The second kappa shape index (κ2) is 12.6. The molecule has 0 amide bonds. The number of methoxy groups -OCH3 is 1. The van der Waals surface area contributed by atoms with Crippen molar-refractivity contribution in [3.8, 4) is 17.0 Å². The van der Waals surface area contributed by atoms with Gasteiger partial charge in [-0.15, -0.1) is 0 Å². The molecule has 29 heavy (non-hydrogen) atoms. The van der Waals surface area contributed by atoms with Gasteiger partial charge >= 0.3 is 0 Å². The fraction of sp³-hybridized carbons (Fsp3) is 0.609. The Hall–Kier alpha value is -1.89. The van der Waals surface area contributed by atoms with Crippen LogP contribution in [0.4, 0.5) is 0 Å². The lowest BCUT2D eigenvalue weighted by atomic mass is 9.97. The first-order valence-electron chi connectivity index (χ1n) is 10.6. The van der Waals surface area contributed by atoms with Crippen molar-refractivity contribution in [3.63, 3.8) is 0 Å². The smallest absolute Gasteiger partial charge is 0.120 e. The highest BCUT2D eigenvalue weighted by Gasteiger charge is 2.15. The predicted octanol–water partition coefficient (Wildman–Crippen LogP) is 4.47. The highest BCUT2D eigenvalue weighted by atomic mass is 16.5.